The summed E-state index contributed by atoms with van der Waals surface area (Å²) in [5.41, 5.74) is -0.223. The highest BCUT2D eigenvalue weighted by Gasteiger charge is 2.46. The third-order valence-electron chi connectivity index (χ3n) is 5.87. The minimum absolute atomic E-state index is 0.223. The molecule has 0 aliphatic carbocycles. The summed E-state index contributed by atoms with van der Waals surface area (Å²) < 4.78 is 10.8. The van der Waals surface area contributed by atoms with Gasteiger partial charge in [-0.1, -0.05) is 96.8 Å². The highest BCUT2D eigenvalue weighted by Crippen LogP contribution is 2.39. The third kappa shape index (κ3) is 12.4. The van der Waals surface area contributed by atoms with Gasteiger partial charge < -0.3 is 9.47 Å². The molecule has 2 unspecified atom stereocenters. The molecule has 0 aromatic rings. The molecule has 1 saturated heterocycles. The summed E-state index contributed by atoms with van der Waals surface area (Å²) in [6.07, 6.45) is 21.2. The molecule has 1 rings (SSSR count). The second-order valence-corrected chi connectivity index (χ2v) is 9.11. The van der Waals surface area contributed by atoms with E-state index in [2.05, 4.69) is 13.8 Å². The molecule has 1 aliphatic heterocycles. The predicted molar refractivity (Wildman–Crippen MR) is 116 cm³/mol. The van der Waals surface area contributed by atoms with Crippen LogP contribution in [-0.4, -0.2) is 31.7 Å². The van der Waals surface area contributed by atoms with Gasteiger partial charge in [-0.15, -0.1) is 0 Å². The minimum Gasteiger partial charge on any atom is -0.382 e. The first-order valence-electron chi connectivity index (χ1n) is 12.0. The highest BCUT2D eigenvalue weighted by atomic mass is 17.2. The SMILES string of the molecule is CCCCCCCCCCCCCCCCC1(C)CC(C)(OCCOC)OO1. The Hall–Kier alpha value is -0.160. The number of methoxy groups -OCH3 is 1. The van der Waals surface area contributed by atoms with Gasteiger partial charge in [0.2, 0.25) is 5.79 Å². The molecule has 0 bridgehead atoms. The van der Waals surface area contributed by atoms with Crippen molar-refractivity contribution in [3.8, 4) is 0 Å². The maximum Gasteiger partial charge on any atom is 0.201 e. The zero-order valence-corrected chi connectivity index (χ0v) is 19.4. The standard InChI is InChI=1S/C24H48O4/c1-5-6-7-8-9-10-11-12-13-14-15-16-17-18-19-23(2)22-24(3,28-27-23)26-21-20-25-4/h5-22H2,1-4H3. The Morgan fingerprint density at radius 3 is 1.68 bits per heavy atom. The number of rotatable bonds is 19. The van der Waals surface area contributed by atoms with Crippen LogP contribution in [0.1, 0.15) is 124 Å². The predicted octanol–water partition coefficient (Wildman–Crippen LogP) is 7.35. The fourth-order valence-corrected chi connectivity index (χ4v) is 4.17. The van der Waals surface area contributed by atoms with E-state index in [1.165, 1.54) is 89.9 Å². The smallest absolute Gasteiger partial charge is 0.201 e. The molecule has 0 aromatic carbocycles. The summed E-state index contributed by atoms with van der Waals surface area (Å²) in [4.78, 5) is 11.1. The lowest BCUT2D eigenvalue weighted by molar-refractivity contribution is -0.396. The molecular formula is C24H48O4. The maximum absolute atomic E-state index is 5.78. The lowest BCUT2D eigenvalue weighted by Crippen LogP contribution is -2.32. The lowest BCUT2D eigenvalue weighted by atomic mass is 9.91. The van der Waals surface area contributed by atoms with Crippen LogP contribution >= 0.6 is 0 Å². The molecule has 2 atom stereocenters. The van der Waals surface area contributed by atoms with Crippen LogP contribution in [0.3, 0.4) is 0 Å². The van der Waals surface area contributed by atoms with Gasteiger partial charge in [-0.3, -0.25) is 0 Å². The largest absolute Gasteiger partial charge is 0.382 e. The molecule has 0 spiro atoms. The van der Waals surface area contributed by atoms with Crippen LogP contribution in [0.25, 0.3) is 0 Å². The van der Waals surface area contributed by atoms with Crippen molar-refractivity contribution in [3.05, 3.63) is 0 Å². The lowest BCUT2D eigenvalue weighted by Gasteiger charge is -2.23. The van der Waals surface area contributed by atoms with E-state index < -0.39 is 5.79 Å². The molecule has 0 N–H and O–H groups in total. The molecule has 28 heavy (non-hydrogen) atoms. The molecular weight excluding hydrogens is 352 g/mol. The number of hydrogen-bond acceptors (Lipinski definition) is 4. The average molecular weight is 401 g/mol. The minimum atomic E-state index is -0.636. The van der Waals surface area contributed by atoms with Gasteiger partial charge in [-0.25, -0.2) is 9.78 Å². The van der Waals surface area contributed by atoms with Crippen LogP contribution in [-0.2, 0) is 19.2 Å². The molecule has 4 heteroatoms. The van der Waals surface area contributed by atoms with Gasteiger partial charge in [0.15, 0.2) is 0 Å². The van der Waals surface area contributed by atoms with E-state index in [0.717, 1.165) is 12.8 Å². The van der Waals surface area contributed by atoms with Crippen molar-refractivity contribution in [1.29, 1.82) is 0 Å². The number of unbranched alkanes of at least 4 members (excludes halogenated alkanes) is 13. The van der Waals surface area contributed by atoms with Gasteiger partial charge in [-0.2, -0.15) is 0 Å². The normalized spacial score (nSPS) is 24.9. The topological polar surface area (TPSA) is 36.9 Å². The van der Waals surface area contributed by atoms with Gasteiger partial charge in [0.1, 0.15) is 5.60 Å². The molecule has 0 radical (unpaired) electrons. The van der Waals surface area contributed by atoms with Crippen LogP contribution < -0.4 is 0 Å². The first kappa shape index (κ1) is 25.9. The number of hydrogen-bond donors (Lipinski definition) is 0. The van der Waals surface area contributed by atoms with E-state index in [1.54, 1.807) is 7.11 Å². The highest BCUT2D eigenvalue weighted by molar-refractivity contribution is 4.85. The molecule has 0 aromatic heterocycles. The molecule has 0 amide bonds. The Bertz CT molecular complexity index is 363. The third-order valence-corrected chi connectivity index (χ3v) is 5.87. The van der Waals surface area contributed by atoms with E-state index in [0.29, 0.717) is 13.2 Å². The van der Waals surface area contributed by atoms with E-state index in [4.69, 9.17) is 19.2 Å². The van der Waals surface area contributed by atoms with Crippen molar-refractivity contribution >= 4 is 0 Å². The van der Waals surface area contributed by atoms with Crippen LogP contribution in [0.4, 0.5) is 0 Å². The van der Waals surface area contributed by atoms with Crippen molar-refractivity contribution in [2.24, 2.45) is 0 Å². The first-order chi connectivity index (χ1) is 13.5. The molecule has 4 nitrogen and oxygen atoms in total. The Morgan fingerprint density at radius 2 is 1.18 bits per heavy atom. The van der Waals surface area contributed by atoms with Crippen LogP contribution in [0.5, 0.6) is 0 Å². The van der Waals surface area contributed by atoms with Crippen LogP contribution in [0.2, 0.25) is 0 Å². The van der Waals surface area contributed by atoms with Crippen molar-refractivity contribution in [3.63, 3.8) is 0 Å². The molecule has 1 fully saturated rings. The Morgan fingerprint density at radius 1 is 0.679 bits per heavy atom. The molecule has 1 heterocycles. The summed E-state index contributed by atoms with van der Waals surface area (Å²) in [6, 6.07) is 0. The van der Waals surface area contributed by atoms with E-state index in [1.807, 2.05) is 6.92 Å². The Kier molecular flexibility index (Phi) is 14.5. The summed E-state index contributed by atoms with van der Waals surface area (Å²) >= 11 is 0. The fraction of sp³-hybridized carbons (Fsp3) is 1.00. The van der Waals surface area contributed by atoms with Crippen molar-refractivity contribution in [2.45, 2.75) is 135 Å². The molecule has 168 valence electrons. The van der Waals surface area contributed by atoms with Gasteiger partial charge in [0.25, 0.3) is 0 Å². The second-order valence-electron chi connectivity index (χ2n) is 9.11. The summed E-state index contributed by atoms with van der Waals surface area (Å²) in [5.74, 6) is -0.636. The first-order valence-corrected chi connectivity index (χ1v) is 12.0. The van der Waals surface area contributed by atoms with Gasteiger partial charge >= 0.3 is 0 Å². The van der Waals surface area contributed by atoms with Crippen LogP contribution in [0, 0.1) is 0 Å². The summed E-state index contributed by atoms with van der Waals surface area (Å²) in [7, 11) is 1.68. The summed E-state index contributed by atoms with van der Waals surface area (Å²) in [6.45, 7) is 7.49. The Labute approximate surface area is 175 Å². The molecule has 1 aliphatic rings. The van der Waals surface area contributed by atoms with Crippen molar-refractivity contribution in [1.82, 2.24) is 0 Å². The van der Waals surface area contributed by atoms with Crippen molar-refractivity contribution in [2.75, 3.05) is 20.3 Å². The quantitative estimate of drug-likeness (QED) is 0.168. The average Bonchev–Trinajstić information content (AvgIpc) is 2.97. The summed E-state index contributed by atoms with van der Waals surface area (Å²) in [5, 5.41) is 0. The van der Waals surface area contributed by atoms with E-state index >= 15 is 0 Å². The van der Waals surface area contributed by atoms with Crippen molar-refractivity contribution < 1.29 is 19.2 Å². The second kappa shape index (κ2) is 15.6. The maximum atomic E-state index is 5.78. The fourth-order valence-electron chi connectivity index (χ4n) is 4.17. The Balaban J connectivity index is 1.91. The number of ether oxygens (including phenoxy) is 2. The zero-order chi connectivity index (χ0) is 20.6. The molecule has 0 saturated carbocycles. The van der Waals surface area contributed by atoms with Gasteiger partial charge in [0, 0.05) is 13.5 Å². The zero-order valence-electron chi connectivity index (χ0n) is 19.4. The van der Waals surface area contributed by atoms with E-state index in [9.17, 15) is 0 Å². The van der Waals surface area contributed by atoms with Gasteiger partial charge in [0.05, 0.1) is 13.2 Å². The van der Waals surface area contributed by atoms with E-state index in [-0.39, 0.29) is 5.60 Å². The van der Waals surface area contributed by atoms with Crippen LogP contribution in [0.15, 0.2) is 0 Å². The monoisotopic (exact) mass is 400 g/mol. The van der Waals surface area contributed by atoms with Gasteiger partial charge in [-0.05, 0) is 20.3 Å².